The molecule has 0 saturated heterocycles. The van der Waals surface area contributed by atoms with Crippen LogP contribution >= 0.6 is 0 Å². The van der Waals surface area contributed by atoms with Gasteiger partial charge < -0.3 is 9.47 Å². The van der Waals surface area contributed by atoms with Crippen LogP contribution in [0.15, 0.2) is 24.3 Å². The van der Waals surface area contributed by atoms with Crippen molar-refractivity contribution in [3.63, 3.8) is 0 Å². The van der Waals surface area contributed by atoms with Gasteiger partial charge in [-0.1, -0.05) is 12.1 Å². The van der Waals surface area contributed by atoms with Crippen LogP contribution in [0.3, 0.4) is 0 Å². The highest BCUT2D eigenvalue weighted by Gasteiger charge is 2.00. The minimum atomic E-state index is -0.297. The number of para-hydroxylation sites is 1. The Bertz CT molecular complexity index is 276. The predicted octanol–water partition coefficient (Wildman–Crippen LogP) is 3.02. The maximum Gasteiger partial charge on any atom is 0.165 e. The van der Waals surface area contributed by atoms with Gasteiger partial charge in [0.25, 0.3) is 0 Å². The molecule has 0 amide bonds. The molecule has 0 radical (unpaired) electrons. The SMILES string of the molecule is COCCCCCOc1ccccc1F. The van der Waals surface area contributed by atoms with E-state index in [0.29, 0.717) is 12.4 Å². The monoisotopic (exact) mass is 212 g/mol. The zero-order valence-corrected chi connectivity index (χ0v) is 9.04. The fraction of sp³-hybridized carbons (Fsp3) is 0.500. The van der Waals surface area contributed by atoms with E-state index in [-0.39, 0.29) is 5.82 Å². The molecule has 0 aliphatic rings. The van der Waals surface area contributed by atoms with Crippen molar-refractivity contribution in [2.75, 3.05) is 20.3 Å². The molecule has 3 heteroatoms. The Hall–Kier alpha value is -1.09. The summed E-state index contributed by atoms with van der Waals surface area (Å²) in [5, 5.41) is 0. The van der Waals surface area contributed by atoms with E-state index in [2.05, 4.69) is 0 Å². The molecule has 15 heavy (non-hydrogen) atoms. The highest BCUT2D eigenvalue weighted by atomic mass is 19.1. The van der Waals surface area contributed by atoms with Crippen molar-refractivity contribution >= 4 is 0 Å². The second kappa shape index (κ2) is 7.23. The Morgan fingerprint density at radius 2 is 1.80 bits per heavy atom. The van der Waals surface area contributed by atoms with Crippen molar-refractivity contribution in [3.8, 4) is 5.75 Å². The van der Waals surface area contributed by atoms with Gasteiger partial charge in [0.15, 0.2) is 11.6 Å². The lowest BCUT2D eigenvalue weighted by molar-refractivity contribution is 0.189. The van der Waals surface area contributed by atoms with Crippen molar-refractivity contribution < 1.29 is 13.9 Å². The predicted molar refractivity (Wildman–Crippen MR) is 57.6 cm³/mol. The minimum Gasteiger partial charge on any atom is -0.491 e. The van der Waals surface area contributed by atoms with Gasteiger partial charge in [-0.05, 0) is 31.4 Å². The van der Waals surface area contributed by atoms with Crippen LogP contribution in [0, 0.1) is 5.82 Å². The standard InChI is InChI=1S/C12H17FO2/c1-14-9-5-2-6-10-15-12-8-4-3-7-11(12)13/h3-4,7-8H,2,5-6,9-10H2,1H3. The lowest BCUT2D eigenvalue weighted by Gasteiger charge is -2.06. The lowest BCUT2D eigenvalue weighted by atomic mass is 10.2. The summed E-state index contributed by atoms with van der Waals surface area (Å²) in [6, 6.07) is 6.47. The molecule has 84 valence electrons. The summed E-state index contributed by atoms with van der Waals surface area (Å²) in [4.78, 5) is 0. The molecule has 1 aromatic carbocycles. The third kappa shape index (κ3) is 4.79. The molecule has 2 nitrogen and oxygen atoms in total. The third-order valence-corrected chi connectivity index (χ3v) is 2.09. The summed E-state index contributed by atoms with van der Waals surface area (Å²) >= 11 is 0. The molecule has 0 fully saturated rings. The highest BCUT2D eigenvalue weighted by molar-refractivity contribution is 5.23. The number of methoxy groups -OCH3 is 1. The van der Waals surface area contributed by atoms with Crippen LogP contribution < -0.4 is 4.74 Å². The molecule has 0 N–H and O–H groups in total. The van der Waals surface area contributed by atoms with Crippen LogP contribution in [0.5, 0.6) is 5.75 Å². The van der Waals surface area contributed by atoms with Gasteiger partial charge in [-0.3, -0.25) is 0 Å². The molecule has 0 saturated carbocycles. The molecule has 0 heterocycles. The minimum absolute atomic E-state index is 0.297. The number of benzene rings is 1. The van der Waals surface area contributed by atoms with Gasteiger partial charge in [0.2, 0.25) is 0 Å². The van der Waals surface area contributed by atoms with Crippen molar-refractivity contribution in [2.24, 2.45) is 0 Å². The van der Waals surface area contributed by atoms with Gasteiger partial charge in [0.1, 0.15) is 0 Å². The van der Waals surface area contributed by atoms with Gasteiger partial charge >= 0.3 is 0 Å². The maximum atomic E-state index is 13.1. The van der Waals surface area contributed by atoms with E-state index >= 15 is 0 Å². The summed E-state index contributed by atoms with van der Waals surface area (Å²) in [5.41, 5.74) is 0. The molecule has 0 aromatic heterocycles. The normalized spacial score (nSPS) is 10.3. The molecule has 0 spiro atoms. The maximum absolute atomic E-state index is 13.1. The van der Waals surface area contributed by atoms with Crippen molar-refractivity contribution in [2.45, 2.75) is 19.3 Å². The molecule has 0 aliphatic heterocycles. The van der Waals surface area contributed by atoms with Crippen LogP contribution in [0.25, 0.3) is 0 Å². The largest absolute Gasteiger partial charge is 0.491 e. The Labute approximate surface area is 90.0 Å². The summed E-state index contributed by atoms with van der Waals surface area (Å²) < 4.78 is 23.3. The highest BCUT2D eigenvalue weighted by Crippen LogP contribution is 2.15. The van der Waals surface area contributed by atoms with Gasteiger partial charge in [-0.25, -0.2) is 4.39 Å². The second-order valence-corrected chi connectivity index (χ2v) is 3.33. The first-order valence-electron chi connectivity index (χ1n) is 5.21. The van der Waals surface area contributed by atoms with E-state index < -0.39 is 0 Å². The fourth-order valence-corrected chi connectivity index (χ4v) is 1.27. The number of unbranched alkanes of at least 4 members (excludes halogenated alkanes) is 2. The number of hydrogen-bond acceptors (Lipinski definition) is 2. The van der Waals surface area contributed by atoms with Crippen LogP contribution in [-0.4, -0.2) is 20.3 Å². The van der Waals surface area contributed by atoms with Crippen LogP contribution in [0.4, 0.5) is 4.39 Å². The first-order chi connectivity index (χ1) is 7.34. The Morgan fingerprint density at radius 1 is 1.07 bits per heavy atom. The molecule has 0 bridgehead atoms. The average Bonchev–Trinajstić information content (AvgIpc) is 2.25. The number of hydrogen-bond donors (Lipinski definition) is 0. The first kappa shape index (κ1) is 12.0. The van der Waals surface area contributed by atoms with Crippen LogP contribution in [0.2, 0.25) is 0 Å². The van der Waals surface area contributed by atoms with E-state index in [1.54, 1.807) is 25.3 Å². The summed E-state index contributed by atoms with van der Waals surface area (Å²) in [6.07, 6.45) is 3.00. The van der Waals surface area contributed by atoms with Crippen LogP contribution in [0.1, 0.15) is 19.3 Å². The van der Waals surface area contributed by atoms with Crippen molar-refractivity contribution in [3.05, 3.63) is 30.1 Å². The quantitative estimate of drug-likeness (QED) is 0.647. The number of rotatable bonds is 7. The average molecular weight is 212 g/mol. The van der Waals surface area contributed by atoms with Gasteiger partial charge in [0.05, 0.1) is 6.61 Å². The van der Waals surface area contributed by atoms with Gasteiger partial charge in [-0.2, -0.15) is 0 Å². The van der Waals surface area contributed by atoms with E-state index in [1.807, 2.05) is 0 Å². The number of halogens is 1. The zero-order valence-electron chi connectivity index (χ0n) is 9.04. The molecule has 0 atom stereocenters. The molecular weight excluding hydrogens is 195 g/mol. The third-order valence-electron chi connectivity index (χ3n) is 2.09. The molecule has 0 unspecified atom stereocenters. The zero-order chi connectivity index (χ0) is 10.9. The number of ether oxygens (including phenoxy) is 2. The molecule has 0 aliphatic carbocycles. The molecule has 1 rings (SSSR count). The van der Waals surface area contributed by atoms with E-state index in [1.165, 1.54) is 6.07 Å². The Kier molecular flexibility index (Phi) is 5.78. The van der Waals surface area contributed by atoms with E-state index in [9.17, 15) is 4.39 Å². The Balaban J connectivity index is 2.12. The van der Waals surface area contributed by atoms with E-state index in [0.717, 1.165) is 25.9 Å². The van der Waals surface area contributed by atoms with E-state index in [4.69, 9.17) is 9.47 Å². The lowest BCUT2D eigenvalue weighted by Crippen LogP contribution is -1.99. The molecule has 1 aromatic rings. The topological polar surface area (TPSA) is 18.5 Å². The summed E-state index contributed by atoms with van der Waals surface area (Å²) in [5.74, 6) is 0.0404. The van der Waals surface area contributed by atoms with Gasteiger partial charge in [-0.15, -0.1) is 0 Å². The molecular formula is C12H17FO2. The smallest absolute Gasteiger partial charge is 0.165 e. The Morgan fingerprint density at radius 3 is 2.53 bits per heavy atom. The second-order valence-electron chi connectivity index (χ2n) is 3.33. The van der Waals surface area contributed by atoms with Crippen LogP contribution in [-0.2, 0) is 4.74 Å². The summed E-state index contributed by atoms with van der Waals surface area (Å²) in [6.45, 7) is 1.34. The van der Waals surface area contributed by atoms with Crippen molar-refractivity contribution in [1.82, 2.24) is 0 Å². The van der Waals surface area contributed by atoms with Gasteiger partial charge in [0, 0.05) is 13.7 Å². The first-order valence-corrected chi connectivity index (χ1v) is 5.21. The van der Waals surface area contributed by atoms with Crippen molar-refractivity contribution in [1.29, 1.82) is 0 Å². The fourth-order valence-electron chi connectivity index (χ4n) is 1.27. The summed E-state index contributed by atoms with van der Waals surface area (Å²) in [7, 11) is 1.69.